The molecule has 2 saturated heterocycles. The van der Waals surface area contributed by atoms with Gasteiger partial charge in [-0.2, -0.15) is 0 Å². The van der Waals surface area contributed by atoms with Gasteiger partial charge in [-0.1, -0.05) is 0 Å². The highest BCUT2D eigenvalue weighted by molar-refractivity contribution is 7.88. The molecule has 1 aromatic rings. The third kappa shape index (κ3) is 3.71. The molecule has 6 nitrogen and oxygen atoms in total. The minimum atomic E-state index is -3.21. The fourth-order valence-electron chi connectivity index (χ4n) is 3.62. The Morgan fingerprint density at radius 3 is 2.77 bits per heavy atom. The predicted octanol–water partition coefficient (Wildman–Crippen LogP) is 1.20. The molecule has 1 aromatic heterocycles. The van der Waals surface area contributed by atoms with Gasteiger partial charge in [0.25, 0.3) is 0 Å². The number of hydrogen-bond acceptors (Lipinski definition) is 5. The van der Waals surface area contributed by atoms with E-state index in [1.165, 1.54) is 6.26 Å². The topological polar surface area (TPSA) is 71.8 Å². The van der Waals surface area contributed by atoms with Crippen LogP contribution in [0.1, 0.15) is 25.0 Å². The molecule has 7 heteroatoms. The number of piperidine rings is 1. The lowest BCUT2D eigenvalue weighted by Crippen LogP contribution is -2.57. The Morgan fingerprint density at radius 1 is 1.36 bits per heavy atom. The molecule has 0 unspecified atom stereocenters. The highest BCUT2D eigenvalue weighted by Gasteiger charge is 2.44. The largest absolute Gasteiger partial charge is 0.468 e. The number of hydrogen-bond donors (Lipinski definition) is 1. The lowest BCUT2D eigenvalue weighted by Gasteiger charge is -2.48. The minimum absolute atomic E-state index is 0.0288. The average molecular weight is 328 g/mol. The molecule has 1 atom stereocenters. The highest BCUT2D eigenvalue weighted by atomic mass is 32.2. The van der Waals surface area contributed by atoms with E-state index in [0.717, 1.165) is 51.3 Å². The van der Waals surface area contributed by atoms with Crippen LogP contribution in [0.4, 0.5) is 0 Å². The van der Waals surface area contributed by atoms with Crippen LogP contribution in [-0.2, 0) is 21.3 Å². The Morgan fingerprint density at radius 2 is 2.14 bits per heavy atom. The molecule has 0 aliphatic carbocycles. The molecule has 22 heavy (non-hydrogen) atoms. The summed E-state index contributed by atoms with van der Waals surface area (Å²) in [5, 5.41) is 0. The van der Waals surface area contributed by atoms with Gasteiger partial charge in [-0.05, 0) is 49.9 Å². The molecule has 0 saturated carbocycles. The summed E-state index contributed by atoms with van der Waals surface area (Å²) in [6, 6.07) is 3.79. The first kappa shape index (κ1) is 16.0. The first-order chi connectivity index (χ1) is 10.5. The van der Waals surface area contributed by atoms with E-state index in [4.69, 9.17) is 9.15 Å². The van der Waals surface area contributed by atoms with E-state index in [0.29, 0.717) is 6.61 Å². The second-order valence-electron chi connectivity index (χ2n) is 6.49. The Hall–Kier alpha value is -0.890. The van der Waals surface area contributed by atoms with Crippen molar-refractivity contribution in [2.24, 2.45) is 5.41 Å². The van der Waals surface area contributed by atoms with E-state index in [-0.39, 0.29) is 11.5 Å². The first-order valence-corrected chi connectivity index (χ1v) is 9.66. The third-order valence-electron chi connectivity index (χ3n) is 4.94. The van der Waals surface area contributed by atoms with Crippen LogP contribution in [0.15, 0.2) is 22.8 Å². The smallest absolute Gasteiger partial charge is 0.209 e. The summed E-state index contributed by atoms with van der Waals surface area (Å²) < 4.78 is 36.9. The summed E-state index contributed by atoms with van der Waals surface area (Å²) in [5.74, 6) is 0.980. The summed E-state index contributed by atoms with van der Waals surface area (Å²) in [5.41, 5.74) is 0.0288. The second-order valence-corrected chi connectivity index (χ2v) is 8.27. The van der Waals surface area contributed by atoms with Gasteiger partial charge < -0.3 is 9.15 Å². The zero-order valence-corrected chi connectivity index (χ0v) is 13.8. The number of nitrogens with one attached hydrogen (secondary N) is 1. The van der Waals surface area contributed by atoms with Gasteiger partial charge >= 0.3 is 0 Å². The molecule has 2 aliphatic rings. The molecular weight excluding hydrogens is 304 g/mol. The zero-order chi connectivity index (χ0) is 15.6. The summed E-state index contributed by atoms with van der Waals surface area (Å²) in [6.45, 7) is 3.94. The molecule has 2 aliphatic heterocycles. The maximum atomic E-state index is 11.6. The molecule has 0 bridgehead atoms. The van der Waals surface area contributed by atoms with Gasteiger partial charge in [0, 0.05) is 6.61 Å². The van der Waals surface area contributed by atoms with Crippen LogP contribution >= 0.6 is 0 Å². The van der Waals surface area contributed by atoms with E-state index in [2.05, 4.69) is 9.62 Å². The molecule has 124 valence electrons. The van der Waals surface area contributed by atoms with Gasteiger partial charge in [0.2, 0.25) is 10.0 Å². The number of likely N-dealkylation sites (tertiary alicyclic amines) is 1. The van der Waals surface area contributed by atoms with Crippen LogP contribution in [0.2, 0.25) is 0 Å². The molecule has 0 amide bonds. The SMILES string of the molecule is CS(=O)(=O)N[C@H]1COCCC12CCN(Cc1ccco1)CC2. The van der Waals surface area contributed by atoms with E-state index in [1.54, 1.807) is 6.26 Å². The van der Waals surface area contributed by atoms with Crippen molar-refractivity contribution in [3.63, 3.8) is 0 Å². The predicted molar refractivity (Wildman–Crippen MR) is 82.9 cm³/mol. The molecule has 3 rings (SSSR count). The van der Waals surface area contributed by atoms with Gasteiger partial charge in [0.05, 0.1) is 31.7 Å². The summed E-state index contributed by atoms with van der Waals surface area (Å²) in [6.07, 6.45) is 5.83. The lowest BCUT2D eigenvalue weighted by molar-refractivity contribution is -0.0451. The van der Waals surface area contributed by atoms with Gasteiger partial charge in [-0.3, -0.25) is 4.90 Å². The zero-order valence-electron chi connectivity index (χ0n) is 13.0. The quantitative estimate of drug-likeness (QED) is 0.899. The fourth-order valence-corrected chi connectivity index (χ4v) is 4.46. The van der Waals surface area contributed by atoms with Crippen molar-refractivity contribution in [1.29, 1.82) is 0 Å². The van der Waals surface area contributed by atoms with Crippen LogP contribution in [0.3, 0.4) is 0 Å². The monoisotopic (exact) mass is 328 g/mol. The van der Waals surface area contributed by atoms with Crippen molar-refractivity contribution in [3.8, 4) is 0 Å². The summed E-state index contributed by atoms with van der Waals surface area (Å²) >= 11 is 0. The van der Waals surface area contributed by atoms with E-state index in [1.807, 2.05) is 12.1 Å². The molecule has 0 radical (unpaired) electrons. The third-order valence-corrected chi connectivity index (χ3v) is 5.65. The van der Waals surface area contributed by atoms with E-state index < -0.39 is 10.0 Å². The van der Waals surface area contributed by atoms with Crippen molar-refractivity contribution in [2.45, 2.75) is 31.8 Å². The van der Waals surface area contributed by atoms with Gasteiger partial charge in [0.15, 0.2) is 0 Å². The molecule has 0 aromatic carbocycles. The van der Waals surface area contributed by atoms with Crippen molar-refractivity contribution < 1.29 is 17.6 Å². The van der Waals surface area contributed by atoms with Crippen molar-refractivity contribution in [3.05, 3.63) is 24.2 Å². The van der Waals surface area contributed by atoms with Crippen LogP contribution in [0, 0.1) is 5.41 Å². The Balaban J connectivity index is 1.63. The number of nitrogens with zero attached hydrogens (tertiary/aromatic N) is 1. The Labute approximate surface area is 131 Å². The molecular formula is C15H24N2O4S. The van der Waals surface area contributed by atoms with Gasteiger partial charge in [0.1, 0.15) is 5.76 Å². The molecule has 2 fully saturated rings. The Kier molecular flexibility index (Phi) is 4.59. The summed E-state index contributed by atoms with van der Waals surface area (Å²) in [7, 11) is -3.21. The maximum absolute atomic E-state index is 11.6. The highest BCUT2D eigenvalue weighted by Crippen LogP contribution is 2.41. The lowest BCUT2D eigenvalue weighted by atomic mass is 9.69. The normalized spacial score (nSPS) is 26.3. The van der Waals surface area contributed by atoms with Crippen molar-refractivity contribution in [1.82, 2.24) is 9.62 Å². The number of furan rings is 1. The summed E-state index contributed by atoms with van der Waals surface area (Å²) in [4.78, 5) is 2.37. The van der Waals surface area contributed by atoms with E-state index >= 15 is 0 Å². The van der Waals surface area contributed by atoms with Crippen molar-refractivity contribution >= 4 is 10.0 Å². The van der Waals surface area contributed by atoms with Crippen molar-refractivity contribution in [2.75, 3.05) is 32.6 Å². The van der Waals surface area contributed by atoms with E-state index in [9.17, 15) is 8.42 Å². The van der Waals surface area contributed by atoms with Crippen LogP contribution in [0.5, 0.6) is 0 Å². The maximum Gasteiger partial charge on any atom is 0.209 e. The molecule has 3 heterocycles. The van der Waals surface area contributed by atoms with Crippen LogP contribution in [-0.4, -0.2) is 51.9 Å². The standard InChI is InChI=1S/C15H24N2O4S/c1-22(18,19)16-14-12-20-10-6-15(14)4-7-17(8-5-15)11-13-3-2-9-21-13/h2-3,9,14,16H,4-8,10-12H2,1H3/t14-/m0/s1. The molecule has 1 spiro atoms. The minimum Gasteiger partial charge on any atom is -0.468 e. The average Bonchev–Trinajstić information content (AvgIpc) is 2.96. The number of sulfonamides is 1. The first-order valence-electron chi connectivity index (χ1n) is 7.77. The van der Waals surface area contributed by atoms with Crippen LogP contribution in [0.25, 0.3) is 0 Å². The fraction of sp³-hybridized carbons (Fsp3) is 0.733. The molecule has 1 N–H and O–H groups in total. The number of ether oxygens (including phenoxy) is 1. The second kappa shape index (κ2) is 6.31. The Bertz CT molecular complexity index is 577. The van der Waals surface area contributed by atoms with Crippen LogP contribution < -0.4 is 4.72 Å². The number of rotatable bonds is 4. The van der Waals surface area contributed by atoms with Gasteiger partial charge in [-0.25, -0.2) is 13.1 Å². The van der Waals surface area contributed by atoms with Gasteiger partial charge in [-0.15, -0.1) is 0 Å².